The molecule has 2 N–H and O–H groups in total. The zero-order chi connectivity index (χ0) is 15.6. The summed E-state index contributed by atoms with van der Waals surface area (Å²) in [6.45, 7) is 10.8. The van der Waals surface area contributed by atoms with E-state index >= 15 is 0 Å². The minimum absolute atomic E-state index is 0.120. The average molecular weight is 296 g/mol. The van der Waals surface area contributed by atoms with E-state index in [1.165, 1.54) is 0 Å². The lowest BCUT2D eigenvalue weighted by Crippen LogP contribution is -2.43. The molecule has 0 bridgehead atoms. The van der Waals surface area contributed by atoms with Gasteiger partial charge in [-0.2, -0.15) is 0 Å². The smallest absolute Gasteiger partial charge is 0.306 e. The molecule has 0 saturated carbocycles. The molecule has 0 amide bonds. The second kappa shape index (κ2) is 5.97. The van der Waals surface area contributed by atoms with E-state index in [-0.39, 0.29) is 11.5 Å². The molecule has 0 unspecified atom stereocenters. The summed E-state index contributed by atoms with van der Waals surface area (Å²) in [7, 11) is -1.87. The Labute approximate surface area is 121 Å². The van der Waals surface area contributed by atoms with Crippen molar-refractivity contribution in [2.24, 2.45) is 0 Å². The highest BCUT2D eigenvalue weighted by atomic mass is 28.4. The fourth-order valence-corrected chi connectivity index (χ4v) is 2.52. The minimum atomic E-state index is -1.87. The second-order valence-electron chi connectivity index (χ2n) is 6.55. The van der Waals surface area contributed by atoms with Crippen molar-refractivity contribution >= 4 is 14.3 Å². The highest BCUT2D eigenvalue weighted by molar-refractivity contribution is 6.74. The van der Waals surface area contributed by atoms with Crippen molar-refractivity contribution in [1.29, 1.82) is 0 Å². The van der Waals surface area contributed by atoms with Crippen LogP contribution in [0.4, 0.5) is 0 Å². The molecule has 1 aromatic rings. The summed E-state index contributed by atoms with van der Waals surface area (Å²) in [5, 5.41) is 18.5. The fraction of sp³-hybridized carbons (Fsp3) is 0.533. The first-order valence-corrected chi connectivity index (χ1v) is 9.62. The number of aliphatic hydroxyl groups is 1. The van der Waals surface area contributed by atoms with Gasteiger partial charge in [-0.25, -0.2) is 0 Å². The molecule has 1 atom stereocenters. The predicted molar refractivity (Wildman–Crippen MR) is 81.5 cm³/mol. The fourth-order valence-electron chi connectivity index (χ4n) is 1.49. The largest absolute Gasteiger partial charge is 0.544 e. The molecule has 0 saturated heterocycles. The quantitative estimate of drug-likeness (QED) is 0.815. The Morgan fingerprint density at radius 1 is 1.25 bits per heavy atom. The summed E-state index contributed by atoms with van der Waals surface area (Å²) in [4.78, 5) is 10.6. The molecular formula is C15H24O4Si. The molecule has 4 nitrogen and oxygen atoms in total. The highest BCUT2D eigenvalue weighted by Gasteiger charge is 2.38. The van der Waals surface area contributed by atoms with Crippen LogP contribution in [0.15, 0.2) is 24.3 Å². The normalized spacial score (nSPS) is 13.9. The van der Waals surface area contributed by atoms with Gasteiger partial charge in [-0.05, 0) is 35.8 Å². The Balaban J connectivity index is 2.80. The number of benzene rings is 1. The summed E-state index contributed by atoms with van der Waals surface area (Å²) < 4.78 is 6.12. The summed E-state index contributed by atoms with van der Waals surface area (Å²) in [6.07, 6.45) is -1.27. The molecule has 0 heterocycles. The molecule has 20 heavy (non-hydrogen) atoms. The van der Waals surface area contributed by atoms with E-state index < -0.39 is 20.4 Å². The lowest BCUT2D eigenvalue weighted by molar-refractivity contribution is -0.139. The van der Waals surface area contributed by atoms with Gasteiger partial charge in [0.1, 0.15) is 5.75 Å². The van der Waals surface area contributed by atoms with E-state index in [1.807, 2.05) is 0 Å². The number of aliphatic hydroxyl groups excluding tert-OH is 1. The van der Waals surface area contributed by atoms with Crippen molar-refractivity contribution in [2.45, 2.75) is 51.4 Å². The number of hydrogen-bond acceptors (Lipinski definition) is 3. The van der Waals surface area contributed by atoms with E-state index in [2.05, 4.69) is 33.9 Å². The van der Waals surface area contributed by atoms with Crippen molar-refractivity contribution in [2.75, 3.05) is 0 Å². The molecule has 0 radical (unpaired) electrons. The maximum Gasteiger partial charge on any atom is 0.306 e. The third-order valence-corrected chi connectivity index (χ3v) is 8.17. The molecule has 0 fully saturated rings. The predicted octanol–water partition coefficient (Wildman–Crippen LogP) is 3.58. The Morgan fingerprint density at radius 2 is 1.75 bits per heavy atom. The van der Waals surface area contributed by atoms with Gasteiger partial charge in [0.15, 0.2) is 0 Å². The van der Waals surface area contributed by atoms with Crippen LogP contribution in [0.3, 0.4) is 0 Å². The molecule has 1 rings (SSSR count). The van der Waals surface area contributed by atoms with Gasteiger partial charge in [-0.1, -0.05) is 32.9 Å². The first-order valence-electron chi connectivity index (χ1n) is 6.72. The summed E-state index contributed by atoms with van der Waals surface area (Å²) >= 11 is 0. The standard InChI is InChI=1S/C15H24O4Si/c1-15(2,3)20(4,5)19-12-8-6-11(7-9-12)13(16)10-14(17)18/h6-9,13,16H,10H2,1-5H3,(H,17,18)/t13-/m0/s1. The van der Waals surface area contributed by atoms with Gasteiger partial charge in [0.05, 0.1) is 12.5 Å². The molecule has 0 aliphatic heterocycles. The Morgan fingerprint density at radius 3 is 2.15 bits per heavy atom. The van der Waals surface area contributed by atoms with Crippen molar-refractivity contribution in [3.05, 3.63) is 29.8 Å². The van der Waals surface area contributed by atoms with Crippen LogP contribution in [0.5, 0.6) is 5.75 Å². The molecule has 0 aliphatic rings. The first-order chi connectivity index (χ1) is 9.03. The summed E-state index contributed by atoms with van der Waals surface area (Å²) in [6, 6.07) is 7.02. The van der Waals surface area contributed by atoms with Crippen LogP contribution in [0.25, 0.3) is 0 Å². The van der Waals surface area contributed by atoms with Gasteiger partial charge >= 0.3 is 5.97 Å². The maximum atomic E-state index is 10.6. The molecular weight excluding hydrogens is 272 g/mol. The summed E-state index contributed by atoms with van der Waals surface area (Å²) in [5.41, 5.74) is 0.593. The van der Waals surface area contributed by atoms with E-state index in [0.29, 0.717) is 5.56 Å². The molecule has 112 valence electrons. The number of carboxylic acids is 1. The topological polar surface area (TPSA) is 66.8 Å². The number of aliphatic carboxylic acids is 1. The van der Waals surface area contributed by atoms with E-state index in [1.54, 1.807) is 24.3 Å². The third kappa shape index (κ3) is 4.35. The van der Waals surface area contributed by atoms with Crippen molar-refractivity contribution in [3.8, 4) is 5.75 Å². The Bertz CT molecular complexity index is 460. The van der Waals surface area contributed by atoms with Crippen molar-refractivity contribution in [3.63, 3.8) is 0 Å². The zero-order valence-electron chi connectivity index (χ0n) is 12.8. The van der Waals surface area contributed by atoms with Crippen LogP contribution >= 0.6 is 0 Å². The SMILES string of the molecule is CC(C)(C)[Si](C)(C)Oc1ccc([C@@H](O)CC(=O)O)cc1. The van der Waals surface area contributed by atoms with E-state index in [9.17, 15) is 9.90 Å². The van der Waals surface area contributed by atoms with Gasteiger partial charge in [0.25, 0.3) is 0 Å². The average Bonchev–Trinajstić information content (AvgIpc) is 2.26. The molecule has 0 spiro atoms. The Hall–Kier alpha value is -1.33. The summed E-state index contributed by atoms with van der Waals surface area (Å²) in [5.74, 6) is -0.248. The van der Waals surface area contributed by atoms with Crippen LogP contribution in [0, 0.1) is 0 Å². The van der Waals surface area contributed by atoms with E-state index in [0.717, 1.165) is 5.75 Å². The number of carbonyl (C=O) groups is 1. The van der Waals surface area contributed by atoms with Gasteiger partial charge < -0.3 is 14.6 Å². The van der Waals surface area contributed by atoms with Gasteiger partial charge in [0.2, 0.25) is 8.32 Å². The van der Waals surface area contributed by atoms with Crippen LogP contribution in [-0.2, 0) is 4.79 Å². The first kappa shape index (κ1) is 16.7. The van der Waals surface area contributed by atoms with Crippen LogP contribution in [-0.4, -0.2) is 24.5 Å². The molecule has 0 aromatic heterocycles. The molecule has 0 aliphatic carbocycles. The zero-order valence-corrected chi connectivity index (χ0v) is 13.8. The van der Waals surface area contributed by atoms with Gasteiger partial charge in [-0.3, -0.25) is 4.79 Å². The van der Waals surface area contributed by atoms with Crippen molar-refractivity contribution < 1.29 is 19.4 Å². The number of rotatable bonds is 5. The number of carboxylic acid groups (broad SMARTS) is 1. The maximum absolute atomic E-state index is 10.6. The molecule has 1 aromatic carbocycles. The van der Waals surface area contributed by atoms with Crippen LogP contribution in [0.2, 0.25) is 18.1 Å². The molecule has 5 heteroatoms. The van der Waals surface area contributed by atoms with Crippen molar-refractivity contribution in [1.82, 2.24) is 0 Å². The van der Waals surface area contributed by atoms with E-state index in [4.69, 9.17) is 9.53 Å². The Kier molecular flexibility index (Phi) is 4.99. The monoisotopic (exact) mass is 296 g/mol. The van der Waals surface area contributed by atoms with Gasteiger partial charge in [-0.15, -0.1) is 0 Å². The third-order valence-electron chi connectivity index (χ3n) is 3.81. The van der Waals surface area contributed by atoms with Crippen LogP contribution in [0.1, 0.15) is 38.9 Å². The van der Waals surface area contributed by atoms with Gasteiger partial charge in [0, 0.05) is 0 Å². The highest BCUT2D eigenvalue weighted by Crippen LogP contribution is 2.37. The van der Waals surface area contributed by atoms with Crippen LogP contribution < -0.4 is 4.43 Å². The lowest BCUT2D eigenvalue weighted by atomic mass is 10.1. The number of hydrogen-bond donors (Lipinski definition) is 2. The lowest BCUT2D eigenvalue weighted by Gasteiger charge is -2.36. The second-order valence-corrected chi connectivity index (χ2v) is 11.3. The minimum Gasteiger partial charge on any atom is -0.544 e.